The van der Waals surface area contributed by atoms with E-state index < -0.39 is 0 Å². The highest BCUT2D eigenvalue weighted by atomic mass is 16.2. The lowest BCUT2D eigenvalue weighted by Crippen LogP contribution is -2.35. The molecular weight excluding hydrogens is 294 g/mol. The van der Waals surface area contributed by atoms with Crippen molar-refractivity contribution in [1.82, 2.24) is 5.01 Å². The normalized spacial score (nSPS) is 13.0. The fourth-order valence-corrected chi connectivity index (χ4v) is 2.30. The minimum Gasteiger partial charge on any atom is -0.326 e. The number of carbonyl (C=O) groups is 3. The van der Waals surface area contributed by atoms with Crippen LogP contribution in [0.2, 0.25) is 0 Å². The average Bonchev–Trinajstić information content (AvgIpc) is 2.82. The van der Waals surface area contributed by atoms with Gasteiger partial charge in [0.15, 0.2) is 0 Å². The highest BCUT2D eigenvalue weighted by Crippen LogP contribution is 2.23. The van der Waals surface area contributed by atoms with E-state index in [4.69, 9.17) is 0 Å². The zero-order valence-electron chi connectivity index (χ0n) is 12.5. The number of imide groups is 1. The van der Waals surface area contributed by atoms with Crippen molar-refractivity contribution >= 4 is 29.1 Å². The summed E-state index contributed by atoms with van der Waals surface area (Å²) < 4.78 is 0. The molecule has 0 radical (unpaired) electrons. The Morgan fingerprint density at radius 1 is 0.913 bits per heavy atom. The van der Waals surface area contributed by atoms with Crippen LogP contribution in [0.4, 0.5) is 11.4 Å². The first-order valence-corrected chi connectivity index (χ1v) is 7.24. The molecule has 0 saturated carbocycles. The maximum atomic E-state index is 12.2. The maximum Gasteiger partial charge on any atom is 0.280 e. The Hall–Kier alpha value is -3.15. The quantitative estimate of drug-likeness (QED) is 0.851. The van der Waals surface area contributed by atoms with Gasteiger partial charge in [-0.1, -0.05) is 19.1 Å². The van der Waals surface area contributed by atoms with E-state index in [-0.39, 0.29) is 17.7 Å². The van der Waals surface area contributed by atoms with Crippen LogP contribution in [-0.4, -0.2) is 22.7 Å². The van der Waals surface area contributed by atoms with Gasteiger partial charge in [-0.05, 0) is 36.4 Å². The van der Waals surface area contributed by atoms with Crippen LogP contribution in [-0.2, 0) is 4.79 Å². The smallest absolute Gasteiger partial charge is 0.280 e. The van der Waals surface area contributed by atoms with Crippen molar-refractivity contribution in [1.29, 1.82) is 0 Å². The van der Waals surface area contributed by atoms with Gasteiger partial charge in [0.2, 0.25) is 5.91 Å². The second-order valence-electron chi connectivity index (χ2n) is 5.08. The first-order valence-electron chi connectivity index (χ1n) is 7.24. The molecule has 0 aromatic heterocycles. The van der Waals surface area contributed by atoms with Gasteiger partial charge in [0.05, 0.1) is 16.8 Å². The molecule has 3 rings (SSSR count). The van der Waals surface area contributed by atoms with Crippen LogP contribution in [0.15, 0.2) is 48.5 Å². The predicted molar refractivity (Wildman–Crippen MR) is 85.9 cm³/mol. The molecule has 0 bridgehead atoms. The Balaban J connectivity index is 1.75. The number of hydrogen-bond donors (Lipinski definition) is 2. The van der Waals surface area contributed by atoms with Gasteiger partial charge in [-0.2, -0.15) is 5.01 Å². The number of benzene rings is 2. The Morgan fingerprint density at radius 2 is 1.43 bits per heavy atom. The molecule has 1 aliphatic rings. The molecule has 116 valence electrons. The van der Waals surface area contributed by atoms with Gasteiger partial charge >= 0.3 is 0 Å². The van der Waals surface area contributed by atoms with Crippen LogP contribution < -0.4 is 10.7 Å². The zero-order chi connectivity index (χ0) is 16.4. The molecule has 1 heterocycles. The number of hydrogen-bond acceptors (Lipinski definition) is 4. The highest BCUT2D eigenvalue weighted by Gasteiger charge is 2.35. The molecule has 3 amide bonds. The third kappa shape index (κ3) is 2.78. The summed E-state index contributed by atoms with van der Waals surface area (Å²) in [5.74, 6) is -0.839. The molecule has 0 unspecified atom stereocenters. The zero-order valence-corrected chi connectivity index (χ0v) is 12.5. The minimum atomic E-state index is -0.381. The largest absolute Gasteiger partial charge is 0.326 e. The number of carbonyl (C=O) groups excluding carboxylic acids is 3. The summed E-state index contributed by atoms with van der Waals surface area (Å²) >= 11 is 0. The second-order valence-corrected chi connectivity index (χ2v) is 5.08. The van der Waals surface area contributed by atoms with E-state index in [0.29, 0.717) is 28.9 Å². The topological polar surface area (TPSA) is 78.5 Å². The molecule has 0 atom stereocenters. The third-order valence-electron chi connectivity index (χ3n) is 3.52. The van der Waals surface area contributed by atoms with Crippen molar-refractivity contribution < 1.29 is 14.4 Å². The lowest BCUT2D eigenvalue weighted by molar-refractivity contribution is -0.115. The van der Waals surface area contributed by atoms with E-state index in [1.165, 1.54) is 0 Å². The summed E-state index contributed by atoms with van der Waals surface area (Å²) in [4.78, 5) is 35.8. The highest BCUT2D eigenvalue weighted by molar-refractivity contribution is 6.21. The number of nitrogens with zero attached hydrogens (tertiary/aromatic N) is 1. The molecule has 0 aliphatic carbocycles. The molecule has 0 saturated heterocycles. The second kappa shape index (κ2) is 5.92. The maximum absolute atomic E-state index is 12.2. The van der Waals surface area contributed by atoms with Gasteiger partial charge in [-0.3, -0.25) is 19.8 Å². The van der Waals surface area contributed by atoms with Gasteiger partial charge in [-0.15, -0.1) is 0 Å². The van der Waals surface area contributed by atoms with Crippen molar-refractivity contribution in [3.63, 3.8) is 0 Å². The first kappa shape index (κ1) is 14.8. The summed E-state index contributed by atoms with van der Waals surface area (Å²) in [7, 11) is 0. The molecule has 1 aliphatic heterocycles. The lowest BCUT2D eigenvalue weighted by Gasteiger charge is -2.16. The Bertz CT molecular complexity index is 749. The molecular formula is C17H15N3O3. The standard InChI is InChI=1S/C17H15N3O3/c1-2-15(21)18-11-7-9-12(10-8-11)19-20-16(22)13-5-3-4-6-14(13)17(20)23/h3-10,19H,2H2,1H3,(H,18,21). The van der Waals surface area contributed by atoms with Crippen molar-refractivity contribution in [3.05, 3.63) is 59.7 Å². The van der Waals surface area contributed by atoms with Crippen LogP contribution in [0.5, 0.6) is 0 Å². The van der Waals surface area contributed by atoms with Crippen molar-refractivity contribution in [3.8, 4) is 0 Å². The minimum absolute atomic E-state index is 0.0777. The fraction of sp³-hybridized carbons (Fsp3) is 0.118. The van der Waals surface area contributed by atoms with Crippen LogP contribution in [0, 0.1) is 0 Å². The van der Waals surface area contributed by atoms with Crippen molar-refractivity contribution in [2.24, 2.45) is 0 Å². The van der Waals surface area contributed by atoms with Gasteiger partial charge < -0.3 is 5.32 Å². The van der Waals surface area contributed by atoms with Crippen LogP contribution >= 0.6 is 0 Å². The summed E-state index contributed by atoms with van der Waals surface area (Å²) in [6, 6.07) is 13.5. The van der Waals surface area contributed by atoms with Gasteiger partial charge in [0, 0.05) is 12.1 Å². The predicted octanol–water partition coefficient (Wildman–Crippen LogP) is 2.66. The summed E-state index contributed by atoms with van der Waals surface area (Å²) in [5, 5.41) is 3.72. The Labute approximate surface area is 133 Å². The molecule has 23 heavy (non-hydrogen) atoms. The van der Waals surface area contributed by atoms with Crippen LogP contribution in [0.1, 0.15) is 34.1 Å². The van der Waals surface area contributed by atoms with E-state index in [9.17, 15) is 14.4 Å². The summed E-state index contributed by atoms with van der Waals surface area (Å²) in [6.07, 6.45) is 0.398. The number of amides is 3. The Morgan fingerprint density at radius 3 is 1.96 bits per heavy atom. The van der Waals surface area contributed by atoms with Crippen LogP contribution in [0.3, 0.4) is 0 Å². The molecule has 2 N–H and O–H groups in total. The molecule has 0 spiro atoms. The van der Waals surface area contributed by atoms with Gasteiger partial charge in [0.1, 0.15) is 0 Å². The van der Waals surface area contributed by atoms with Gasteiger partial charge in [0.25, 0.3) is 11.8 Å². The number of rotatable bonds is 4. The van der Waals surface area contributed by atoms with E-state index in [1.807, 2.05) is 0 Å². The van der Waals surface area contributed by atoms with E-state index in [0.717, 1.165) is 5.01 Å². The number of anilines is 2. The molecule has 6 heteroatoms. The Kier molecular flexibility index (Phi) is 3.80. The van der Waals surface area contributed by atoms with Gasteiger partial charge in [-0.25, -0.2) is 0 Å². The van der Waals surface area contributed by atoms with E-state index in [1.54, 1.807) is 55.5 Å². The van der Waals surface area contributed by atoms with Crippen molar-refractivity contribution in [2.75, 3.05) is 10.7 Å². The molecule has 6 nitrogen and oxygen atoms in total. The average molecular weight is 309 g/mol. The molecule has 0 fully saturated rings. The molecule has 2 aromatic carbocycles. The van der Waals surface area contributed by atoms with Crippen LogP contribution in [0.25, 0.3) is 0 Å². The van der Waals surface area contributed by atoms with E-state index in [2.05, 4.69) is 10.7 Å². The number of fused-ring (bicyclic) bond motifs is 1. The SMILES string of the molecule is CCC(=O)Nc1ccc(NN2C(=O)c3ccccc3C2=O)cc1. The molecule has 2 aromatic rings. The summed E-state index contributed by atoms with van der Waals surface area (Å²) in [6.45, 7) is 1.77. The summed E-state index contributed by atoms with van der Waals surface area (Å²) in [5.41, 5.74) is 4.81. The number of hydrazine groups is 1. The van der Waals surface area contributed by atoms with E-state index >= 15 is 0 Å². The fourth-order valence-electron chi connectivity index (χ4n) is 2.30. The monoisotopic (exact) mass is 309 g/mol. The third-order valence-corrected chi connectivity index (χ3v) is 3.52. The first-order chi connectivity index (χ1) is 11.1. The number of nitrogens with one attached hydrogen (secondary N) is 2. The lowest BCUT2D eigenvalue weighted by atomic mass is 10.1. The van der Waals surface area contributed by atoms with Crippen molar-refractivity contribution in [2.45, 2.75) is 13.3 Å².